The molecule has 26 heavy (non-hydrogen) atoms. The Balaban J connectivity index is 1.76. The van der Waals surface area contributed by atoms with Gasteiger partial charge in [0.15, 0.2) is 0 Å². The number of carbonyl (C=O) groups excluding carboxylic acids is 1. The molecule has 2 N–H and O–H groups in total. The predicted molar refractivity (Wildman–Crippen MR) is 103 cm³/mol. The Bertz CT molecular complexity index is 890. The van der Waals surface area contributed by atoms with E-state index in [0.717, 1.165) is 36.6 Å². The van der Waals surface area contributed by atoms with E-state index in [4.69, 9.17) is 0 Å². The van der Waals surface area contributed by atoms with Crippen molar-refractivity contribution in [2.24, 2.45) is 0 Å². The highest BCUT2D eigenvalue weighted by atomic mass is 32.2. The van der Waals surface area contributed by atoms with Crippen molar-refractivity contribution in [1.82, 2.24) is 5.32 Å². The Labute approximate surface area is 154 Å². The van der Waals surface area contributed by atoms with E-state index in [1.54, 1.807) is 18.2 Å². The third-order valence-corrected chi connectivity index (χ3v) is 5.61. The summed E-state index contributed by atoms with van der Waals surface area (Å²) in [7, 11) is -3.33. The van der Waals surface area contributed by atoms with Crippen LogP contribution >= 0.6 is 0 Å². The van der Waals surface area contributed by atoms with E-state index in [1.807, 2.05) is 43.3 Å². The summed E-state index contributed by atoms with van der Waals surface area (Å²) in [5.74, 6) is 0.0314. The minimum atomic E-state index is -3.33. The third-order valence-electron chi connectivity index (χ3n) is 5.01. The van der Waals surface area contributed by atoms with Crippen LogP contribution in [-0.2, 0) is 20.2 Å². The van der Waals surface area contributed by atoms with Crippen LogP contribution in [0.4, 0.5) is 5.69 Å². The summed E-state index contributed by atoms with van der Waals surface area (Å²) in [5, 5.41) is 3.11. The molecule has 138 valence electrons. The molecule has 1 amide bonds. The van der Waals surface area contributed by atoms with Crippen LogP contribution in [0.2, 0.25) is 0 Å². The number of anilines is 1. The highest BCUT2D eigenvalue weighted by Gasteiger charge is 2.45. The summed E-state index contributed by atoms with van der Waals surface area (Å²) in [6.07, 6.45) is 3.87. The van der Waals surface area contributed by atoms with E-state index in [0.29, 0.717) is 5.69 Å². The SMILES string of the molecule is CC(NC(=O)C1(c2ccccc2)CCC1)c1cccc(NS(C)(=O)=O)c1. The van der Waals surface area contributed by atoms with Crippen molar-refractivity contribution < 1.29 is 13.2 Å². The Morgan fingerprint density at radius 2 is 1.77 bits per heavy atom. The quantitative estimate of drug-likeness (QED) is 0.816. The van der Waals surface area contributed by atoms with Gasteiger partial charge < -0.3 is 5.32 Å². The van der Waals surface area contributed by atoms with Gasteiger partial charge in [-0.2, -0.15) is 0 Å². The first-order chi connectivity index (χ1) is 12.3. The first-order valence-corrected chi connectivity index (χ1v) is 10.6. The number of hydrogen-bond donors (Lipinski definition) is 2. The molecular weight excluding hydrogens is 348 g/mol. The van der Waals surface area contributed by atoms with Crippen LogP contribution in [0.5, 0.6) is 0 Å². The van der Waals surface area contributed by atoms with Gasteiger partial charge in [-0.25, -0.2) is 8.42 Å². The molecular formula is C20H24N2O3S. The lowest BCUT2D eigenvalue weighted by Gasteiger charge is -2.41. The number of hydrogen-bond acceptors (Lipinski definition) is 3. The highest BCUT2D eigenvalue weighted by molar-refractivity contribution is 7.92. The van der Waals surface area contributed by atoms with E-state index in [-0.39, 0.29) is 11.9 Å². The van der Waals surface area contributed by atoms with Gasteiger partial charge in [-0.15, -0.1) is 0 Å². The van der Waals surface area contributed by atoms with Gasteiger partial charge in [0.2, 0.25) is 15.9 Å². The fraction of sp³-hybridized carbons (Fsp3) is 0.350. The van der Waals surface area contributed by atoms with Gasteiger partial charge in [0.25, 0.3) is 0 Å². The maximum Gasteiger partial charge on any atom is 0.231 e. The molecule has 1 saturated carbocycles. The van der Waals surface area contributed by atoms with Crippen molar-refractivity contribution in [3.8, 4) is 0 Å². The molecule has 0 bridgehead atoms. The molecule has 1 aliphatic rings. The van der Waals surface area contributed by atoms with Crippen LogP contribution in [0.15, 0.2) is 54.6 Å². The van der Waals surface area contributed by atoms with Crippen LogP contribution < -0.4 is 10.0 Å². The third kappa shape index (κ3) is 3.90. The second kappa shape index (κ2) is 7.11. The predicted octanol–water partition coefficient (Wildman–Crippen LogP) is 3.36. The fourth-order valence-electron chi connectivity index (χ4n) is 3.44. The van der Waals surface area contributed by atoms with Gasteiger partial charge in [0.05, 0.1) is 17.7 Å². The smallest absolute Gasteiger partial charge is 0.231 e. The zero-order valence-electron chi connectivity index (χ0n) is 15.0. The molecule has 2 aromatic rings. The molecule has 1 fully saturated rings. The number of carbonyl (C=O) groups is 1. The molecule has 2 aromatic carbocycles. The number of sulfonamides is 1. The fourth-order valence-corrected chi connectivity index (χ4v) is 3.99. The van der Waals surface area contributed by atoms with Crippen molar-refractivity contribution in [1.29, 1.82) is 0 Å². The van der Waals surface area contributed by atoms with Gasteiger partial charge in [-0.1, -0.05) is 48.9 Å². The van der Waals surface area contributed by atoms with E-state index in [1.165, 1.54) is 0 Å². The molecule has 1 aliphatic carbocycles. The van der Waals surface area contributed by atoms with E-state index < -0.39 is 15.4 Å². The molecule has 0 spiro atoms. The second-order valence-corrected chi connectivity index (χ2v) is 8.74. The Hall–Kier alpha value is -2.34. The van der Waals surface area contributed by atoms with Crippen LogP contribution in [0.1, 0.15) is 43.4 Å². The molecule has 0 aliphatic heterocycles. The van der Waals surface area contributed by atoms with Gasteiger partial charge in [0.1, 0.15) is 0 Å². The van der Waals surface area contributed by atoms with Crippen molar-refractivity contribution >= 4 is 21.6 Å². The van der Waals surface area contributed by atoms with Gasteiger partial charge >= 0.3 is 0 Å². The van der Waals surface area contributed by atoms with Crippen molar-refractivity contribution in [2.45, 2.75) is 37.6 Å². The largest absolute Gasteiger partial charge is 0.349 e. The van der Waals surface area contributed by atoms with Gasteiger partial charge in [0, 0.05) is 5.69 Å². The first kappa shape index (κ1) is 18.5. The monoisotopic (exact) mass is 372 g/mol. The zero-order valence-corrected chi connectivity index (χ0v) is 15.8. The summed E-state index contributed by atoms with van der Waals surface area (Å²) < 4.78 is 25.3. The second-order valence-electron chi connectivity index (χ2n) is 7.00. The van der Waals surface area contributed by atoms with Crippen LogP contribution in [0, 0.1) is 0 Å². The number of benzene rings is 2. The van der Waals surface area contributed by atoms with E-state index >= 15 is 0 Å². The summed E-state index contributed by atoms with van der Waals surface area (Å²) in [5.41, 5.74) is 1.96. The van der Waals surface area contributed by atoms with Gasteiger partial charge in [-0.3, -0.25) is 9.52 Å². The number of rotatable bonds is 6. The molecule has 0 aromatic heterocycles. The highest BCUT2D eigenvalue weighted by Crippen LogP contribution is 2.44. The lowest BCUT2D eigenvalue weighted by molar-refractivity contribution is -0.130. The van der Waals surface area contributed by atoms with Crippen molar-refractivity contribution in [3.63, 3.8) is 0 Å². The Kier molecular flexibility index (Phi) is 5.05. The first-order valence-electron chi connectivity index (χ1n) is 8.74. The maximum absolute atomic E-state index is 13.0. The molecule has 1 unspecified atom stereocenters. The summed E-state index contributed by atoms with van der Waals surface area (Å²) in [6.45, 7) is 1.91. The van der Waals surface area contributed by atoms with Crippen molar-refractivity contribution in [3.05, 3.63) is 65.7 Å². The molecule has 3 rings (SSSR count). The molecule has 6 heteroatoms. The minimum absolute atomic E-state index is 0.0314. The number of nitrogens with one attached hydrogen (secondary N) is 2. The van der Waals surface area contributed by atoms with Crippen LogP contribution in [-0.4, -0.2) is 20.6 Å². The summed E-state index contributed by atoms with van der Waals surface area (Å²) in [6, 6.07) is 16.8. The standard InChI is InChI=1S/C20H24N2O3S/c1-15(16-8-6-11-18(14-16)22-26(2,24)25)21-19(23)20(12-7-13-20)17-9-4-3-5-10-17/h3-6,8-11,14-15,22H,7,12-13H2,1-2H3,(H,21,23). The normalized spacial score (nSPS) is 17.0. The molecule has 5 nitrogen and oxygen atoms in total. The molecule has 0 heterocycles. The van der Waals surface area contributed by atoms with Gasteiger partial charge in [-0.05, 0) is 43.0 Å². The topological polar surface area (TPSA) is 75.3 Å². The maximum atomic E-state index is 13.0. The molecule has 0 saturated heterocycles. The molecule has 1 atom stereocenters. The lowest BCUT2D eigenvalue weighted by Crippen LogP contribution is -2.49. The minimum Gasteiger partial charge on any atom is -0.349 e. The Morgan fingerprint density at radius 1 is 1.08 bits per heavy atom. The van der Waals surface area contributed by atoms with E-state index in [2.05, 4.69) is 10.0 Å². The molecule has 0 radical (unpaired) electrons. The van der Waals surface area contributed by atoms with Crippen LogP contribution in [0.25, 0.3) is 0 Å². The average Bonchev–Trinajstić information content (AvgIpc) is 2.53. The zero-order chi connectivity index (χ0) is 18.8. The summed E-state index contributed by atoms with van der Waals surface area (Å²) >= 11 is 0. The lowest BCUT2D eigenvalue weighted by atomic mass is 9.63. The van der Waals surface area contributed by atoms with Crippen molar-refractivity contribution in [2.75, 3.05) is 11.0 Å². The van der Waals surface area contributed by atoms with Crippen LogP contribution in [0.3, 0.4) is 0 Å². The average molecular weight is 372 g/mol. The Morgan fingerprint density at radius 3 is 2.35 bits per heavy atom. The number of amides is 1. The summed E-state index contributed by atoms with van der Waals surface area (Å²) in [4.78, 5) is 13.0. The van der Waals surface area contributed by atoms with E-state index in [9.17, 15) is 13.2 Å².